The number of rotatable bonds is 7. The summed E-state index contributed by atoms with van der Waals surface area (Å²) in [6.07, 6.45) is 0.625. The number of hydrogen-bond donors (Lipinski definition) is 2. The van der Waals surface area contributed by atoms with Crippen LogP contribution in [0.3, 0.4) is 0 Å². The third-order valence-electron chi connectivity index (χ3n) is 4.08. The summed E-state index contributed by atoms with van der Waals surface area (Å²) in [6, 6.07) is 15.5. The van der Waals surface area contributed by atoms with Gasteiger partial charge in [0.15, 0.2) is 0 Å². The molecule has 3 rings (SSSR count). The highest BCUT2D eigenvalue weighted by Gasteiger charge is 2.12. The van der Waals surface area contributed by atoms with Gasteiger partial charge < -0.3 is 15.4 Å². The maximum absolute atomic E-state index is 13.8. The monoisotopic (exact) mass is 380 g/mol. The van der Waals surface area contributed by atoms with Crippen molar-refractivity contribution in [2.45, 2.75) is 13.3 Å². The fourth-order valence-corrected chi connectivity index (χ4v) is 2.73. The molecule has 0 aliphatic rings. The Morgan fingerprint density at radius 2 is 1.86 bits per heavy atom. The molecular weight excluding hydrogens is 359 g/mol. The summed E-state index contributed by atoms with van der Waals surface area (Å²) in [7, 11) is 1.62. The predicted molar refractivity (Wildman–Crippen MR) is 105 cm³/mol. The minimum atomic E-state index is -0.421. The third kappa shape index (κ3) is 4.82. The van der Waals surface area contributed by atoms with Gasteiger partial charge >= 0.3 is 0 Å². The number of aryl methyl sites for hydroxylation is 1. The highest BCUT2D eigenvalue weighted by Crippen LogP contribution is 2.18. The first-order valence-corrected chi connectivity index (χ1v) is 8.84. The SMILES string of the molecule is COc1ccccc1CCNC(=O)c1cc(C)nc(Nc2ccccc2F)n1. The summed E-state index contributed by atoms with van der Waals surface area (Å²) >= 11 is 0. The normalized spacial score (nSPS) is 10.4. The van der Waals surface area contributed by atoms with Gasteiger partial charge in [-0.15, -0.1) is 0 Å². The number of nitrogens with zero attached hydrogens (tertiary/aromatic N) is 2. The maximum Gasteiger partial charge on any atom is 0.270 e. The number of halogens is 1. The largest absolute Gasteiger partial charge is 0.496 e. The van der Waals surface area contributed by atoms with Crippen molar-refractivity contribution in [3.63, 3.8) is 0 Å². The molecule has 0 aliphatic carbocycles. The molecule has 1 heterocycles. The zero-order valence-corrected chi connectivity index (χ0v) is 15.7. The second-order valence-electron chi connectivity index (χ2n) is 6.14. The van der Waals surface area contributed by atoms with Gasteiger partial charge in [-0.1, -0.05) is 30.3 Å². The first-order valence-electron chi connectivity index (χ1n) is 8.84. The topological polar surface area (TPSA) is 76.1 Å². The van der Waals surface area contributed by atoms with E-state index in [1.165, 1.54) is 6.07 Å². The standard InChI is InChI=1S/C21H21FN4O2/c1-14-13-18(26-21(24-14)25-17-9-5-4-8-16(17)22)20(27)23-12-11-15-7-3-6-10-19(15)28-2/h3-10,13H,11-12H2,1-2H3,(H,23,27)(H,24,25,26). The van der Waals surface area contributed by atoms with E-state index < -0.39 is 5.82 Å². The van der Waals surface area contributed by atoms with E-state index in [9.17, 15) is 9.18 Å². The fraction of sp³-hybridized carbons (Fsp3) is 0.190. The van der Waals surface area contributed by atoms with Gasteiger partial charge in [-0.2, -0.15) is 0 Å². The van der Waals surface area contributed by atoms with Gasteiger partial charge in [0, 0.05) is 12.2 Å². The molecule has 0 spiro atoms. The van der Waals surface area contributed by atoms with Crippen molar-refractivity contribution in [2.24, 2.45) is 0 Å². The van der Waals surface area contributed by atoms with E-state index >= 15 is 0 Å². The highest BCUT2D eigenvalue weighted by atomic mass is 19.1. The minimum absolute atomic E-state index is 0.167. The molecule has 0 radical (unpaired) electrons. The number of aromatic nitrogens is 2. The lowest BCUT2D eigenvalue weighted by molar-refractivity contribution is 0.0949. The van der Waals surface area contributed by atoms with Crippen molar-refractivity contribution in [3.05, 3.63) is 77.4 Å². The van der Waals surface area contributed by atoms with E-state index in [1.54, 1.807) is 38.3 Å². The summed E-state index contributed by atoms with van der Waals surface area (Å²) in [6.45, 7) is 2.18. The number of methoxy groups -OCH3 is 1. The van der Waals surface area contributed by atoms with E-state index in [-0.39, 0.29) is 23.2 Å². The highest BCUT2D eigenvalue weighted by molar-refractivity contribution is 5.92. The number of nitrogens with one attached hydrogen (secondary N) is 2. The van der Waals surface area contributed by atoms with E-state index in [0.29, 0.717) is 18.7 Å². The first kappa shape index (κ1) is 19.3. The fourth-order valence-electron chi connectivity index (χ4n) is 2.73. The van der Waals surface area contributed by atoms with Crippen LogP contribution in [0.4, 0.5) is 16.0 Å². The number of benzene rings is 2. The van der Waals surface area contributed by atoms with E-state index in [4.69, 9.17) is 4.74 Å². The van der Waals surface area contributed by atoms with Crippen LogP contribution in [-0.4, -0.2) is 29.5 Å². The Morgan fingerprint density at radius 3 is 2.64 bits per heavy atom. The molecule has 28 heavy (non-hydrogen) atoms. The van der Waals surface area contributed by atoms with Crippen molar-refractivity contribution >= 4 is 17.5 Å². The molecule has 2 aromatic carbocycles. The van der Waals surface area contributed by atoms with Crippen molar-refractivity contribution < 1.29 is 13.9 Å². The lowest BCUT2D eigenvalue weighted by atomic mass is 10.1. The van der Waals surface area contributed by atoms with Crippen LogP contribution in [-0.2, 0) is 6.42 Å². The first-order chi connectivity index (χ1) is 13.6. The quantitative estimate of drug-likeness (QED) is 0.654. The Kier molecular flexibility index (Phi) is 6.16. The molecule has 6 nitrogen and oxygen atoms in total. The number of anilines is 2. The van der Waals surface area contributed by atoms with E-state index in [2.05, 4.69) is 20.6 Å². The number of amides is 1. The minimum Gasteiger partial charge on any atom is -0.496 e. The zero-order valence-electron chi connectivity index (χ0n) is 15.7. The van der Waals surface area contributed by atoms with Crippen molar-refractivity contribution in [2.75, 3.05) is 19.0 Å². The van der Waals surface area contributed by atoms with Gasteiger partial charge in [0.1, 0.15) is 17.3 Å². The molecule has 0 aliphatic heterocycles. The zero-order chi connectivity index (χ0) is 19.9. The lowest BCUT2D eigenvalue weighted by Crippen LogP contribution is -2.27. The van der Waals surface area contributed by atoms with Gasteiger partial charge in [0.25, 0.3) is 5.91 Å². The molecule has 0 atom stereocenters. The second-order valence-corrected chi connectivity index (χ2v) is 6.14. The molecule has 144 valence electrons. The van der Waals surface area contributed by atoms with Crippen molar-refractivity contribution in [1.29, 1.82) is 0 Å². The Bertz CT molecular complexity index is 978. The number of hydrogen-bond acceptors (Lipinski definition) is 5. The van der Waals surface area contributed by atoms with Gasteiger partial charge in [0.2, 0.25) is 5.95 Å². The van der Waals surface area contributed by atoms with Crippen LogP contribution in [0.2, 0.25) is 0 Å². The molecule has 0 saturated heterocycles. The predicted octanol–water partition coefficient (Wildman–Crippen LogP) is 3.65. The van der Waals surface area contributed by atoms with Crippen LogP contribution in [0.25, 0.3) is 0 Å². The maximum atomic E-state index is 13.8. The average Bonchev–Trinajstić information content (AvgIpc) is 2.69. The van der Waals surface area contributed by atoms with Crippen LogP contribution in [0.5, 0.6) is 5.75 Å². The van der Waals surface area contributed by atoms with Crippen molar-refractivity contribution in [1.82, 2.24) is 15.3 Å². The summed E-state index contributed by atoms with van der Waals surface area (Å²) in [5, 5.41) is 5.65. The van der Waals surface area contributed by atoms with Crippen LogP contribution >= 0.6 is 0 Å². The van der Waals surface area contributed by atoms with Gasteiger partial charge in [-0.05, 0) is 43.2 Å². The second kappa shape index (κ2) is 8.94. The number of para-hydroxylation sites is 2. The van der Waals surface area contributed by atoms with Crippen LogP contribution < -0.4 is 15.4 Å². The van der Waals surface area contributed by atoms with E-state index in [1.807, 2.05) is 24.3 Å². The molecule has 3 aromatic rings. The molecule has 0 unspecified atom stereocenters. The third-order valence-corrected chi connectivity index (χ3v) is 4.08. The molecule has 0 fully saturated rings. The van der Waals surface area contributed by atoms with Gasteiger partial charge in [0.05, 0.1) is 12.8 Å². The molecule has 0 saturated carbocycles. The van der Waals surface area contributed by atoms with E-state index in [0.717, 1.165) is 11.3 Å². The molecular formula is C21H21FN4O2. The number of ether oxygens (including phenoxy) is 1. The molecule has 7 heteroatoms. The average molecular weight is 380 g/mol. The number of carbonyl (C=O) groups is 1. The van der Waals surface area contributed by atoms with Crippen molar-refractivity contribution in [3.8, 4) is 5.75 Å². The molecule has 2 N–H and O–H groups in total. The Morgan fingerprint density at radius 1 is 1.11 bits per heavy atom. The Hall–Kier alpha value is -3.48. The molecule has 0 bridgehead atoms. The Labute approximate surface area is 162 Å². The van der Waals surface area contributed by atoms with Crippen LogP contribution in [0.15, 0.2) is 54.6 Å². The number of carbonyl (C=O) groups excluding carboxylic acids is 1. The summed E-state index contributed by atoms with van der Waals surface area (Å²) in [5.74, 6) is 0.207. The Balaban J connectivity index is 1.66. The van der Waals surface area contributed by atoms with Gasteiger partial charge in [-0.3, -0.25) is 4.79 Å². The molecule has 1 amide bonds. The lowest BCUT2D eigenvalue weighted by Gasteiger charge is -2.10. The smallest absolute Gasteiger partial charge is 0.270 e. The van der Waals surface area contributed by atoms with Gasteiger partial charge in [-0.25, -0.2) is 14.4 Å². The summed E-state index contributed by atoms with van der Waals surface area (Å²) in [5.41, 5.74) is 2.07. The summed E-state index contributed by atoms with van der Waals surface area (Å²) in [4.78, 5) is 20.9. The summed E-state index contributed by atoms with van der Waals surface area (Å²) < 4.78 is 19.1. The van der Waals surface area contributed by atoms with Crippen LogP contribution in [0.1, 0.15) is 21.7 Å². The van der Waals surface area contributed by atoms with Crippen LogP contribution in [0, 0.1) is 12.7 Å². The molecule has 1 aromatic heterocycles.